The maximum atomic E-state index is 13.8. The van der Waals surface area contributed by atoms with E-state index in [-0.39, 0.29) is 22.3 Å². The smallest absolute Gasteiger partial charge is 0.329 e. The second-order valence-electron chi connectivity index (χ2n) is 8.20. The molecule has 3 N–H and O–H groups in total. The van der Waals surface area contributed by atoms with Gasteiger partial charge in [0.25, 0.3) is 11.6 Å². The zero-order valence-corrected chi connectivity index (χ0v) is 19.0. The van der Waals surface area contributed by atoms with E-state index < -0.39 is 17.7 Å². The highest BCUT2D eigenvalue weighted by Gasteiger charge is 2.52. The predicted molar refractivity (Wildman–Crippen MR) is 129 cm³/mol. The van der Waals surface area contributed by atoms with Crippen molar-refractivity contribution in [2.24, 2.45) is 0 Å². The van der Waals surface area contributed by atoms with E-state index in [1.165, 1.54) is 23.8 Å². The van der Waals surface area contributed by atoms with Gasteiger partial charge in [0.2, 0.25) is 0 Å². The Morgan fingerprint density at radius 3 is 2.64 bits per heavy atom. The minimum absolute atomic E-state index is 0.199. The Labute approximate surface area is 201 Å². The number of benzene rings is 3. The Morgan fingerprint density at radius 2 is 1.82 bits per heavy atom. The van der Waals surface area contributed by atoms with E-state index in [0.717, 1.165) is 29.7 Å². The standard InChI is InChI=1S/C25H21Cl2N3O3/c26-19-13-12-16(14-20(19)27)30-24(32)29-22-10-4-3-9-18(22)25(30,33)23(31)28-21-11-5-7-15-6-1-2-8-17(15)21/h1-4,6,8-10,12-14,21,33H,5,7,11H2,(H,28,31)(H,29,32)/t21-,25+/m1/s1. The van der Waals surface area contributed by atoms with Gasteiger partial charge in [0.05, 0.1) is 27.5 Å². The molecule has 8 heteroatoms. The van der Waals surface area contributed by atoms with E-state index in [9.17, 15) is 14.7 Å². The van der Waals surface area contributed by atoms with Crippen molar-refractivity contribution in [1.82, 2.24) is 5.32 Å². The van der Waals surface area contributed by atoms with Crippen LogP contribution in [0.3, 0.4) is 0 Å². The van der Waals surface area contributed by atoms with Crippen LogP contribution in [0.4, 0.5) is 16.2 Å². The molecule has 6 nitrogen and oxygen atoms in total. The van der Waals surface area contributed by atoms with Crippen molar-refractivity contribution in [1.29, 1.82) is 0 Å². The van der Waals surface area contributed by atoms with Crippen LogP contribution in [0.5, 0.6) is 0 Å². The number of carbonyl (C=O) groups excluding carboxylic acids is 2. The predicted octanol–water partition coefficient (Wildman–Crippen LogP) is 5.38. The molecule has 0 saturated heterocycles. The average Bonchev–Trinajstić information content (AvgIpc) is 2.81. The Balaban J connectivity index is 1.60. The van der Waals surface area contributed by atoms with Gasteiger partial charge >= 0.3 is 6.03 Å². The van der Waals surface area contributed by atoms with Gasteiger partial charge in [0, 0.05) is 5.56 Å². The van der Waals surface area contributed by atoms with Gasteiger partial charge in [-0.15, -0.1) is 0 Å². The molecule has 3 amide bonds. The van der Waals surface area contributed by atoms with E-state index in [2.05, 4.69) is 10.6 Å². The molecule has 0 fully saturated rings. The largest absolute Gasteiger partial charge is 0.359 e. The first kappa shape index (κ1) is 21.8. The van der Waals surface area contributed by atoms with Gasteiger partial charge in [-0.05, 0) is 54.7 Å². The van der Waals surface area contributed by atoms with Gasteiger partial charge in [-0.1, -0.05) is 65.7 Å². The number of carbonyl (C=O) groups is 2. The lowest BCUT2D eigenvalue weighted by atomic mass is 9.87. The third kappa shape index (κ3) is 3.64. The summed E-state index contributed by atoms with van der Waals surface area (Å²) in [5.41, 5.74) is 0.748. The van der Waals surface area contributed by atoms with Gasteiger partial charge in [0.1, 0.15) is 0 Å². The number of fused-ring (bicyclic) bond motifs is 2. The van der Waals surface area contributed by atoms with Crippen LogP contribution in [0.2, 0.25) is 10.0 Å². The SMILES string of the molecule is O=C1Nc2ccccc2[C@](O)(C(=O)N[C@@H]2CCCc3ccccc32)N1c1ccc(Cl)c(Cl)c1. The number of para-hydroxylation sites is 1. The van der Waals surface area contributed by atoms with Crippen LogP contribution in [0.1, 0.15) is 35.6 Å². The molecule has 0 saturated carbocycles. The zero-order chi connectivity index (χ0) is 23.2. The summed E-state index contributed by atoms with van der Waals surface area (Å²) in [6, 6.07) is 18.2. The van der Waals surface area contributed by atoms with Gasteiger partial charge < -0.3 is 15.7 Å². The van der Waals surface area contributed by atoms with Crippen LogP contribution in [-0.2, 0) is 16.9 Å². The second kappa shape index (κ2) is 8.37. The molecule has 2 atom stereocenters. The Bertz CT molecular complexity index is 1270. The molecule has 168 valence electrons. The number of anilines is 2. The number of nitrogens with zero attached hydrogens (tertiary/aromatic N) is 1. The molecule has 1 heterocycles. The van der Waals surface area contributed by atoms with Gasteiger partial charge in [0.15, 0.2) is 0 Å². The first-order valence-corrected chi connectivity index (χ1v) is 11.4. The first-order valence-electron chi connectivity index (χ1n) is 10.7. The van der Waals surface area contributed by atoms with Crippen LogP contribution >= 0.6 is 23.2 Å². The molecular weight excluding hydrogens is 461 g/mol. The van der Waals surface area contributed by atoms with Gasteiger partial charge in [-0.3, -0.25) is 9.69 Å². The topological polar surface area (TPSA) is 81.7 Å². The summed E-state index contributed by atoms with van der Waals surface area (Å²) in [7, 11) is 0. The van der Waals surface area contributed by atoms with Crippen molar-refractivity contribution in [3.05, 3.63) is 93.5 Å². The Hall–Kier alpha value is -3.06. The molecule has 33 heavy (non-hydrogen) atoms. The van der Waals surface area contributed by atoms with E-state index in [1.807, 2.05) is 24.3 Å². The minimum atomic E-state index is -2.30. The molecule has 0 bridgehead atoms. The van der Waals surface area contributed by atoms with Crippen molar-refractivity contribution >= 4 is 46.5 Å². The maximum absolute atomic E-state index is 13.8. The molecule has 3 aromatic carbocycles. The van der Waals surface area contributed by atoms with Gasteiger partial charge in [-0.25, -0.2) is 4.79 Å². The summed E-state index contributed by atoms with van der Waals surface area (Å²) in [5.74, 6) is -0.697. The van der Waals surface area contributed by atoms with Crippen LogP contribution in [0.25, 0.3) is 0 Å². The van der Waals surface area contributed by atoms with Crippen molar-refractivity contribution in [2.45, 2.75) is 31.0 Å². The monoisotopic (exact) mass is 481 g/mol. The quantitative estimate of drug-likeness (QED) is 0.469. The summed E-state index contributed by atoms with van der Waals surface area (Å²) in [4.78, 5) is 28.0. The number of nitrogens with one attached hydrogen (secondary N) is 2. The van der Waals surface area contributed by atoms with Crippen molar-refractivity contribution in [3.8, 4) is 0 Å². The number of hydrogen-bond donors (Lipinski definition) is 3. The summed E-state index contributed by atoms with van der Waals surface area (Å²) < 4.78 is 0. The highest BCUT2D eigenvalue weighted by atomic mass is 35.5. The average molecular weight is 482 g/mol. The Morgan fingerprint density at radius 1 is 1.06 bits per heavy atom. The summed E-state index contributed by atoms with van der Waals surface area (Å²) in [6.07, 6.45) is 2.58. The lowest BCUT2D eigenvalue weighted by molar-refractivity contribution is -0.141. The zero-order valence-electron chi connectivity index (χ0n) is 17.5. The summed E-state index contributed by atoms with van der Waals surface area (Å²) in [5, 5.41) is 18.2. The van der Waals surface area contributed by atoms with Crippen molar-refractivity contribution < 1.29 is 14.7 Å². The van der Waals surface area contributed by atoms with Crippen LogP contribution in [-0.4, -0.2) is 17.0 Å². The van der Waals surface area contributed by atoms with E-state index in [4.69, 9.17) is 23.2 Å². The number of amides is 3. The number of urea groups is 1. The summed E-state index contributed by atoms with van der Waals surface area (Å²) in [6.45, 7) is 0. The summed E-state index contributed by atoms with van der Waals surface area (Å²) >= 11 is 12.2. The molecule has 2 aliphatic rings. The maximum Gasteiger partial charge on any atom is 0.329 e. The molecule has 3 aromatic rings. The fraction of sp³-hybridized carbons (Fsp3) is 0.200. The molecule has 0 radical (unpaired) electrons. The molecule has 1 aliphatic heterocycles. The molecule has 5 rings (SSSR count). The molecular formula is C25H21Cl2N3O3. The highest BCUT2D eigenvalue weighted by Crippen LogP contribution is 2.42. The molecule has 1 aliphatic carbocycles. The molecule has 0 spiro atoms. The lowest BCUT2D eigenvalue weighted by Crippen LogP contribution is -2.63. The van der Waals surface area contributed by atoms with Crippen molar-refractivity contribution in [3.63, 3.8) is 0 Å². The number of rotatable bonds is 3. The molecule has 0 unspecified atom stereocenters. The lowest BCUT2D eigenvalue weighted by Gasteiger charge is -2.43. The minimum Gasteiger partial charge on any atom is -0.359 e. The second-order valence-corrected chi connectivity index (χ2v) is 9.01. The van der Waals surface area contributed by atoms with Gasteiger partial charge in [-0.2, -0.15) is 0 Å². The third-order valence-electron chi connectivity index (χ3n) is 6.22. The van der Waals surface area contributed by atoms with Crippen molar-refractivity contribution in [2.75, 3.05) is 10.2 Å². The fourth-order valence-corrected chi connectivity index (χ4v) is 4.94. The third-order valence-corrected chi connectivity index (χ3v) is 6.96. The normalized spacial score (nSPS) is 21.6. The van der Waals surface area contributed by atoms with E-state index in [1.54, 1.807) is 24.3 Å². The van der Waals surface area contributed by atoms with E-state index >= 15 is 0 Å². The number of hydrogen-bond acceptors (Lipinski definition) is 3. The number of aliphatic hydroxyl groups is 1. The highest BCUT2D eigenvalue weighted by molar-refractivity contribution is 6.42. The Kier molecular flexibility index (Phi) is 5.52. The molecule has 0 aromatic heterocycles. The van der Waals surface area contributed by atoms with Crippen LogP contribution < -0.4 is 15.5 Å². The number of halogens is 2. The first-order chi connectivity index (χ1) is 15.9. The number of aryl methyl sites for hydroxylation is 1. The van der Waals surface area contributed by atoms with Crippen LogP contribution in [0, 0.1) is 0 Å². The van der Waals surface area contributed by atoms with Crippen LogP contribution in [0.15, 0.2) is 66.7 Å². The fourth-order valence-electron chi connectivity index (χ4n) is 4.65. The van der Waals surface area contributed by atoms with E-state index in [0.29, 0.717) is 10.7 Å².